The number of benzene rings is 1. The average molecular weight is 276 g/mol. The fourth-order valence-electron chi connectivity index (χ4n) is 2.52. The SMILES string of the molecule is COC(=O)C(C)(C)NC1CC(=O)N(C)c2ccccc21. The van der Waals surface area contributed by atoms with E-state index in [0.717, 1.165) is 11.3 Å². The number of amides is 1. The highest BCUT2D eigenvalue weighted by atomic mass is 16.5. The van der Waals surface area contributed by atoms with Crippen LogP contribution in [0.1, 0.15) is 31.9 Å². The van der Waals surface area contributed by atoms with Crippen LogP contribution in [0.5, 0.6) is 0 Å². The Hall–Kier alpha value is -1.88. The molecule has 1 aromatic carbocycles. The number of nitrogens with zero attached hydrogens (tertiary/aromatic N) is 1. The van der Waals surface area contributed by atoms with Gasteiger partial charge in [0.05, 0.1) is 7.11 Å². The van der Waals surface area contributed by atoms with Crippen molar-refractivity contribution >= 4 is 17.6 Å². The zero-order chi connectivity index (χ0) is 14.9. The Morgan fingerprint density at radius 3 is 2.70 bits per heavy atom. The van der Waals surface area contributed by atoms with Gasteiger partial charge >= 0.3 is 5.97 Å². The van der Waals surface area contributed by atoms with Crippen molar-refractivity contribution in [2.24, 2.45) is 0 Å². The third-order valence-corrected chi connectivity index (χ3v) is 3.66. The molecular formula is C15H20N2O3. The molecule has 0 aliphatic carbocycles. The highest BCUT2D eigenvalue weighted by molar-refractivity contribution is 5.96. The molecule has 20 heavy (non-hydrogen) atoms. The summed E-state index contributed by atoms with van der Waals surface area (Å²) in [7, 11) is 3.13. The third-order valence-electron chi connectivity index (χ3n) is 3.66. The molecule has 5 heteroatoms. The van der Waals surface area contributed by atoms with Gasteiger partial charge in [-0.3, -0.25) is 14.9 Å². The molecule has 1 unspecified atom stereocenters. The Labute approximate surface area is 118 Å². The maximum atomic E-state index is 12.1. The van der Waals surface area contributed by atoms with E-state index < -0.39 is 5.54 Å². The number of hydrogen-bond donors (Lipinski definition) is 1. The number of esters is 1. The first-order valence-electron chi connectivity index (χ1n) is 6.58. The smallest absolute Gasteiger partial charge is 0.325 e. The van der Waals surface area contributed by atoms with Gasteiger partial charge in [0.1, 0.15) is 5.54 Å². The van der Waals surface area contributed by atoms with E-state index in [1.54, 1.807) is 25.8 Å². The van der Waals surface area contributed by atoms with Crippen molar-refractivity contribution in [3.63, 3.8) is 0 Å². The van der Waals surface area contributed by atoms with Gasteiger partial charge < -0.3 is 9.64 Å². The van der Waals surface area contributed by atoms with Gasteiger partial charge in [-0.1, -0.05) is 18.2 Å². The van der Waals surface area contributed by atoms with Crippen molar-refractivity contribution in [3.05, 3.63) is 29.8 Å². The Bertz CT molecular complexity index is 540. The average Bonchev–Trinajstić information content (AvgIpc) is 2.43. The summed E-state index contributed by atoms with van der Waals surface area (Å²) in [6.45, 7) is 3.51. The fourth-order valence-corrected chi connectivity index (χ4v) is 2.52. The standard InChI is InChI=1S/C15H20N2O3/c1-15(2,14(19)20-4)16-11-9-13(18)17(3)12-8-6-5-7-10(11)12/h5-8,11,16H,9H2,1-4H3. The Kier molecular flexibility index (Phi) is 3.81. The Morgan fingerprint density at radius 2 is 2.05 bits per heavy atom. The van der Waals surface area contributed by atoms with Crippen LogP contribution in [0, 0.1) is 0 Å². The van der Waals surface area contributed by atoms with Gasteiger partial charge in [0.2, 0.25) is 5.91 Å². The lowest BCUT2D eigenvalue weighted by Gasteiger charge is -2.36. The van der Waals surface area contributed by atoms with Gasteiger partial charge in [-0.05, 0) is 25.5 Å². The van der Waals surface area contributed by atoms with Gasteiger partial charge in [-0.15, -0.1) is 0 Å². The number of ether oxygens (including phenoxy) is 1. The topological polar surface area (TPSA) is 58.6 Å². The molecule has 1 aromatic rings. The molecule has 1 amide bonds. The summed E-state index contributed by atoms with van der Waals surface area (Å²) >= 11 is 0. The van der Waals surface area contributed by atoms with E-state index >= 15 is 0 Å². The molecule has 1 N–H and O–H groups in total. The molecule has 1 heterocycles. The third kappa shape index (κ3) is 2.54. The molecule has 0 spiro atoms. The van der Waals surface area contributed by atoms with Gasteiger partial charge in [-0.25, -0.2) is 0 Å². The molecule has 2 rings (SSSR count). The van der Waals surface area contributed by atoms with Gasteiger partial charge in [0, 0.05) is 25.2 Å². The predicted molar refractivity (Wildman–Crippen MR) is 76.4 cm³/mol. The minimum Gasteiger partial charge on any atom is -0.468 e. The van der Waals surface area contributed by atoms with E-state index in [-0.39, 0.29) is 17.9 Å². The molecule has 0 fully saturated rings. The van der Waals surface area contributed by atoms with E-state index in [2.05, 4.69) is 5.32 Å². The molecule has 1 atom stereocenters. The molecule has 0 bridgehead atoms. The maximum Gasteiger partial charge on any atom is 0.325 e. The number of carbonyl (C=O) groups is 2. The second kappa shape index (κ2) is 5.25. The van der Waals surface area contributed by atoms with Crippen LogP contribution in [0.3, 0.4) is 0 Å². The van der Waals surface area contributed by atoms with E-state index in [0.29, 0.717) is 6.42 Å². The quantitative estimate of drug-likeness (QED) is 0.853. The first kappa shape index (κ1) is 14.5. The number of anilines is 1. The maximum absolute atomic E-state index is 12.1. The highest BCUT2D eigenvalue weighted by Gasteiger charge is 2.36. The normalized spacial score (nSPS) is 18.7. The molecule has 0 radical (unpaired) electrons. The lowest BCUT2D eigenvalue weighted by molar-refractivity contribution is -0.147. The first-order valence-corrected chi connectivity index (χ1v) is 6.58. The fraction of sp³-hybridized carbons (Fsp3) is 0.467. The molecule has 108 valence electrons. The van der Waals surface area contributed by atoms with E-state index in [1.165, 1.54) is 7.11 Å². The Morgan fingerprint density at radius 1 is 1.40 bits per heavy atom. The highest BCUT2D eigenvalue weighted by Crippen LogP contribution is 2.34. The lowest BCUT2D eigenvalue weighted by Crippen LogP contribution is -2.51. The largest absolute Gasteiger partial charge is 0.468 e. The van der Waals surface area contributed by atoms with Crippen molar-refractivity contribution in [2.45, 2.75) is 31.8 Å². The van der Waals surface area contributed by atoms with Crippen LogP contribution < -0.4 is 10.2 Å². The van der Waals surface area contributed by atoms with Crippen molar-refractivity contribution in [1.82, 2.24) is 5.32 Å². The summed E-state index contributed by atoms with van der Waals surface area (Å²) in [4.78, 5) is 25.5. The number of carbonyl (C=O) groups excluding carboxylic acids is 2. The summed E-state index contributed by atoms with van der Waals surface area (Å²) in [6.07, 6.45) is 0.327. The van der Waals surface area contributed by atoms with Gasteiger partial charge in [0.15, 0.2) is 0 Å². The lowest BCUT2D eigenvalue weighted by atomic mass is 9.93. The van der Waals surface area contributed by atoms with E-state index in [1.807, 2.05) is 24.3 Å². The number of rotatable bonds is 3. The number of nitrogens with one attached hydrogen (secondary N) is 1. The van der Waals surface area contributed by atoms with Crippen LogP contribution >= 0.6 is 0 Å². The van der Waals surface area contributed by atoms with Crippen molar-refractivity contribution < 1.29 is 14.3 Å². The molecular weight excluding hydrogens is 256 g/mol. The van der Waals surface area contributed by atoms with Crippen LogP contribution in [0.15, 0.2) is 24.3 Å². The number of para-hydroxylation sites is 1. The van der Waals surface area contributed by atoms with Crippen molar-refractivity contribution in [3.8, 4) is 0 Å². The molecule has 0 aromatic heterocycles. The summed E-state index contributed by atoms with van der Waals surface area (Å²) < 4.78 is 4.80. The van der Waals surface area contributed by atoms with Gasteiger partial charge in [-0.2, -0.15) is 0 Å². The van der Waals surface area contributed by atoms with Crippen LogP contribution in [0.2, 0.25) is 0 Å². The zero-order valence-corrected chi connectivity index (χ0v) is 12.3. The molecule has 5 nitrogen and oxygen atoms in total. The van der Waals surface area contributed by atoms with E-state index in [9.17, 15) is 9.59 Å². The number of methoxy groups -OCH3 is 1. The number of hydrogen-bond acceptors (Lipinski definition) is 4. The molecule has 1 aliphatic heterocycles. The minimum atomic E-state index is -0.845. The Balaban J connectivity index is 2.32. The summed E-state index contributed by atoms with van der Waals surface area (Å²) in [6, 6.07) is 7.53. The van der Waals surface area contributed by atoms with E-state index in [4.69, 9.17) is 4.74 Å². The van der Waals surface area contributed by atoms with Crippen LogP contribution in [0.25, 0.3) is 0 Å². The summed E-state index contributed by atoms with van der Waals surface area (Å²) in [5.41, 5.74) is 1.05. The molecule has 0 saturated carbocycles. The van der Waals surface area contributed by atoms with Crippen molar-refractivity contribution in [1.29, 1.82) is 0 Å². The summed E-state index contributed by atoms with van der Waals surface area (Å²) in [5.74, 6) is -0.316. The second-order valence-electron chi connectivity index (χ2n) is 5.53. The minimum absolute atomic E-state index is 0.0295. The monoisotopic (exact) mass is 276 g/mol. The summed E-state index contributed by atoms with van der Waals surface area (Å²) in [5, 5.41) is 3.23. The van der Waals surface area contributed by atoms with Crippen LogP contribution in [-0.2, 0) is 14.3 Å². The van der Waals surface area contributed by atoms with Gasteiger partial charge in [0.25, 0.3) is 0 Å². The predicted octanol–water partition coefficient (Wildman–Crippen LogP) is 1.64. The molecule has 0 saturated heterocycles. The second-order valence-corrected chi connectivity index (χ2v) is 5.53. The van der Waals surface area contributed by atoms with Crippen molar-refractivity contribution in [2.75, 3.05) is 19.1 Å². The number of fused-ring (bicyclic) bond motifs is 1. The van der Waals surface area contributed by atoms with Crippen LogP contribution in [0.4, 0.5) is 5.69 Å². The molecule has 1 aliphatic rings. The zero-order valence-electron chi connectivity index (χ0n) is 12.3. The first-order chi connectivity index (χ1) is 9.36. The van der Waals surface area contributed by atoms with Crippen LogP contribution in [-0.4, -0.2) is 31.6 Å².